The molecule has 0 amide bonds. The molecule has 0 atom stereocenters. The Morgan fingerprint density at radius 1 is 1.42 bits per heavy atom. The van der Waals surface area contributed by atoms with Crippen molar-refractivity contribution < 1.29 is 8.98 Å². The summed E-state index contributed by atoms with van der Waals surface area (Å²) >= 11 is 0. The molecular weight excluding hydrogens is 173 g/mol. The fourth-order valence-corrected chi connectivity index (χ4v) is 1.13. The van der Waals surface area contributed by atoms with Crippen molar-refractivity contribution in [2.45, 2.75) is 0 Å². The molecule has 0 aliphatic rings. The number of nitrogens with zero attached hydrogens (tertiary/aromatic N) is 1. The topological polar surface area (TPSA) is 43.1 Å². The van der Waals surface area contributed by atoms with Crippen molar-refractivity contribution >= 4 is 19.0 Å². The van der Waals surface area contributed by atoms with Crippen molar-refractivity contribution in [1.29, 1.82) is 0 Å². The zero-order chi connectivity index (χ0) is 8.39. The summed E-state index contributed by atoms with van der Waals surface area (Å²) in [5, 5.41) is 0. The molecule has 0 bridgehead atoms. The minimum absolute atomic E-state index is 0.211. The Labute approximate surface area is 69.5 Å². The molecule has 1 aromatic heterocycles. The van der Waals surface area contributed by atoms with Crippen LogP contribution >= 0.6 is 7.92 Å². The Morgan fingerprint density at radius 2 is 2.25 bits per heavy atom. The van der Waals surface area contributed by atoms with Gasteiger partial charge in [0.05, 0.1) is 0 Å². The van der Waals surface area contributed by atoms with E-state index in [2.05, 4.69) is 10.6 Å². The van der Waals surface area contributed by atoms with Crippen molar-refractivity contribution in [3.8, 4) is 5.63 Å². The number of hydrogen-bond donors (Lipinski definition) is 0. The number of aromatic nitrogens is 1. The molecule has 0 radical (unpaired) electrons. The first-order valence-corrected chi connectivity index (χ1v) is 4.15. The van der Waals surface area contributed by atoms with Gasteiger partial charge in [-0.1, -0.05) is 0 Å². The van der Waals surface area contributed by atoms with Crippen molar-refractivity contribution in [2.24, 2.45) is 0 Å². The maximum absolute atomic E-state index is 10.1. The van der Waals surface area contributed by atoms with E-state index in [1.54, 1.807) is 6.07 Å². The van der Waals surface area contributed by atoms with Gasteiger partial charge in [0.2, 0.25) is 0 Å². The molecule has 0 N–H and O–H groups in total. The van der Waals surface area contributed by atoms with E-state index in [9.17, 15) is 4.57 Å². The molecule has 0 fully saturated rings. The summed E-state index contributed by atoms with van der Waals surface area (Å²) in [5.41, 5.74) is 3.87. The number of hydrogen-bond acceptors (Lipinski definition) is 3. The summed E-state index contributed by atoms with van der Waals surface area (Å²) < 4.78 is 15.3. The molecule has 2 aromatic rings. The van der Waals surface area contributed by atoms with Gasteiger partial charge in [0.25, 0.3) is 0 Å². The molecule has 0 spiro atoms. The SMILES string of the molecule is O=P#Cc1nc2ccccc2o1. The first-order chi connectivity index (χ1) is 5.90. The van der Waals surface area contributed by atoms with Gasteiger partial charge in [-0.2, -0.15) is 0 Å². The second kappa shape index (κ2) is 2.98. The van der Waals surface area contributed by atoms with Gasteiger partial charge < -0.3 is 0 Å². The Kier molecular flexibility index (Phi) is 1.83. The molecule has 3 nitrogen and oxygen atoms in total. The van der Waals surface area contributed by atoms with Crippen LogP contribution < -0.4 is 0 Å². The van der Waals surface area contributed by atoms with Gasteiger partial charge >= 0.3 is 68.8 Å². The van der Waals surface area contributed by atoms with Crippen LogP contribution in [0.3, 0.4) is 0 Å². The zero-order valence-electron chi connectivity index (χ0n) is 6.02. The Balaban J connectivity index is 2.75. The van der Waals surface area contributed by atoms with E-state index in [0.717, 1.165) is 5.52 Å². The average Bonchev–Trinajstić information content (AvgIpc) is 2.47. The van der Waals surface area contributed by atoms with Crippen LogP contribution in [-0.2, 0) is 4.57 Å². The first-order valence-electron chi connectivity index (χ1n) is 3.34. The molecular formula is C8H4NO2P. The second-order valence-corrected chi connectivity index (χ2v) is 2.60. The molecule has 0 unspecified atom stereocenters. The molecule has 58 valence electrons. The van der Waals surface area contributed by atoms with Crippen LogP contribution in [0.1, 0.15) is 5.89 Å². The molecule has 0 aliphatic carbocycles. The van der Waals surface area contributed by atoms with E-state index in [-0.39, 0.29) is 13.8 Å². The standard InChI is InChI=1S/C8H4NO2P/c10-12-5-8-9-6-3-1-2-4-7(6)11-8/h1-4H. The van der Waals surface area contributed by atoms with Crippen molar-refractivity contribution in [3.05, 3.63) is 30.2 Å². The fourth-order valence-electron chi connectivity index (χ4n) is 0.959. The number of fused-ring (bicyclic) bond motifs is 1. The maximum atomic E-state index is 10.1. The average molecular weight is 177 g/mol. The zero-order valence-corrected chi connectivity index (χ0v) is 6.91. The van der Waals surface area contributed by atoms with Crippen molar-refractivity contribution in [3.63, 3.8) is 0 Å². The van der Waals surface area contributed by atoms with Gasteiger partial charge in [-0.3, -0.25) is 0 Å². The van der Waals surface area contributed by atoms with E-state index >= 15 is 0 Å². The van der Waals surface area contributed by atoms with E-state index in [4.69, 9.17) is 4.42 Å². The number of benzene rings is 1. The fraction of sp³-hybridized carbons (Fsp3) is 0. The molecule has 0 aliphatic heterocycles. The molecule has 4 heteroatoms. The normalized spacial score (nSPS) is 9.67. The van der Waals surface area contributed by atoms with Crippen LogP contribution in [0.4, 0.5) is 0 Å². The van der Waals surface area contributed by atoms with E-state index in [0.29, 0.717) is 5.58 Å². The van der Waals surface area contributed by atoms with Gasteiger partial charge in [-0.05, 0) is 0 Å². The summed E-state index contributed by atoms with van der Waals surface area (Å²) in [4.78, 5) is 4.02. The molecule has 0 saturated carbocycles. The second-order valence-electron chi connectivity index (χ2n) is 2.19. The summed E-state index contributed by atoms with van der Waals surface area (Å²) in [5.74, 6) is 0.271. The Morgan fingerprint density at radius 3 is 3.00 bits per heavy atom. The van der Waals surface area contributed by atoms with E-state index in [1.165, 1.54) is 0 Å². The third-order valence-corrected chi connectivity index (χ3v) is 1.72. The third kappa shape index (κ3) is 1.20. The van der Waals surface area contributed by atoms with Crippen LogP contribution in [0.5, 0.6) is 0 Å². The van der Waals surface area contributed by atoms with Gasteiger partial charge in [0.15, 0.2) is 0 Å². The van der Waals surface area contributed by atoms with Gasteiger partial charge in [0, 0.05) is 0 Å². The molecule has 1 aromatic carbocycles. The minimum atomic E-state index is -0.211. The van der Waals surface area contributed by atoms with E-state index in [1.807, 2.05) is 18.2 Å². The Bertz CT molecular complexity index is 479. The number of oxazole rings is 1. The van der Waals surface area contributed by atoms with Gasteiger partial charge in [-0.15, -0.1) is 0 Å². The number of para-hydroxylation sites is 2. The summed E-state index contributed by atoms with van der Waals surface area (Å²) in [6.45, 7) is 0. The van der Waals surface area contributed by atoms with Crippen LogP contribution in [-0.4, -0.2) is 4.98 Å². The summed E-state index contributed by atoms with van der Waals surface area (Å²) in [6, 6.07) is 7.34. The van der Waals surface area contributed by atoms with E-state index < -0.39 is 0 Å². The predicted octanol–water partition coefficient (Wildman–Crippen LogP) is 2.43. The quantitative estimate of drug-likeness (QED) is 0.580. The number of rotatable bonds is 0. The predicted molar refractivity (Wildman–Crippen MR) is 44.6 cm³/mol. The molecule has 1 heterocycles. The van der Waals surface area contributed by atoms with Crippen LogP contribution in [0.25, 0.3) is 11.1 Å². The summed E-state index contributed by atoms with van der Waals surface area (Å²) in [7, 11) is -0.211. The monoisotopic (exact) mass is 177 g/mol. The van der Waals surface area contributed by atoms with Gasteiger partial charge in [0.1, 0.15) is 0 Å². The molecule has 12 heavy (non-hydrogen) atoms. The van der Waals surface area contributed by atoms with Gasteiger partial charge in [-0.25, -0.2) is 0 Å². The Hall–Kier alpha value is -1.30. The molecule has 2 rings (SSSR count). The summed E-state index contributed by atoms with van der Waals surface area (Å²) in [6.07, 6.45) is 0. The third-order valence-electron chi connectivity index (χ3n) is 1.44. The molecule has 0 saturated heterocycles. The van der Waals surface area contributed by atoms with Crippen LogP contribution in [0, 0.1) is 5.63 Å². The van der Waals surface area contributed by atoms with Crippen LogP contribution in [0.15, 0.2) is 28.7 Å². The van der Waals surface area contributed by atoms with Crippen molar-refractivity contribution in [2.75, 3.05) is 0 Å². The van der Waals surface area contributed by atoms with Crippen LogP contribution in [0.2, 0.25) is 0 Å². The first kappa shape index (κ1) is 7.35. The van der Waals surface area contributed by atoms with Crippen molar-refractivity contribution in [1.82, 2.24) is 4.98 Å².